The molecule has 5 atom stereocenters. The summed E-state index contributed by atoms with van der Waals surface area (Å²) in [4.78, 5) is 6.70. The van der Waals surface area contributed by atoms with Gasteiger partial charge in [0.25, 0.3) is 0 Å². The van der Waals surface area contributed by atoms with Crippen LogP contribution in [0.15, 0.2) is 54.0 Å². The van der Waals surface area contributed by atoms with Crippen molar-refractivity contribution < 1.29 is 30.3 Å². The topological polar surface area (TPSA) is 123 Å². The van der Waals surface area contributed by atoms with Gasteiger partial charge in [-0.15, -0.1) is 22.7 Å². The summed E-state index contributed by atoms with van der Waals surface area (Å²) >= 11 is 3.18. The SMILES string of the molecule is OC[C@H]1O[C@@H](c2cc(Cc3ncc(-c4cccs4)s3)c(O)c3ccccc23)[C@H](O)[C@@H](O)[C@@H]1O. The fourth-order valence-corrected chi connectivity index (χ4v) is 6.02. The van der Waals surface area contributed by atoms with Crippen molar-refractivity contribution in [2.45, 2.75) is 36.9 Å². The molecule has 1 aliphatic heterocycles. The second-order valence-electron chi connectivity index (χ2n) is 8.04. The minimum absolute atomic E-state index is 0.117. The first-order chi connectivity index (χ1) is 16.0. The van der Waals surface area contributed by atoms with E-state index in [0.717, 1.165) is 14.8 Å². The molecule has 3 heterocycles. The number of thiophene rings is 1. The highest BCUT2D eigenvalue weighted by Gasteiger charge is 2.44. The van der Waals surface area contributed by atoms with E-state index < -0.39 is 37.1 Å². The molecule has 5 rings (SSSR count). The number of aliphatic hydroxyl groups excluding tert-OH is 4. The third-order valence-corrected chi connectivity index (χ3v) is 8.05. The lowest BCUT2D eigenvalue weighted by atomic mass is 9.87. The van der Waals surface area contributed by atoms with Crippen LogP contribution in [-0.4, -0.2) is 61.5 Å². The molecule has 7 nitrogen and oxygen atoms in total. The molecule has 0 amide bonds. The van der Waals surface area contributed by atoms with Gasteiger partial charge in [0.2, 0.25) is 0 Å². The van der Waals surface area contributed by atoms with Crippen molar-refractivity contribution in [3.05, 3.63) is 70.2 Å². The number of hydrogen-bond acceptors (Lipinski definition) is 9. The van der Waals surface area contributed by atoms with Gasteiger partial charge >= 0.3 is 0 Å². The van der Waals surface area contributed by atoms with Crippen LogP contribution in [0.4, 0.5) is 0 Å². The van der Waals surface area contributed by atoms with E-state index in [1.165, 1.54) is 0 Å². The predicted molar refractivity (Wildman–Crippen MR) is 127 cm³/mol. The van der Waals surface area contributed by atoms with E-state index in [1.54, 1.807) is 46.9 Å². The van der Waals surface area contributed by atoms with E-state index in [2.05, 4.69) is 4.98 Å². The smallest absolute Gasteiger partial charge is 0.127 e. The van der Waals surface area contributed by atoms with Crippen molar-refractivity contribution in [2.24, 2.45) is 0 Å². The number of nitrogens with zero attached hydrogens (tertiary/aromatic N) is 1. The molecule has 0 saturated carbocycles. The largest absolute Gasteiger partial charge is 0.507 e. The summed E-state index contributed by atoms with van der Waals surface area (Å²) in [7, 11) is 0. The second-order valence-corrected chi connectivity index (χ2v) is 10.1. The summed E-state index contributed by atoms with van der Waals surface area (Å²) < 4.78 is 5.82. The van der Waals surface area contributed by atoms with Crippen LogP contribution in [0.5, 0.6) is 5.75 Å². The van der Waals surface area contributed by atoms with Crippen molar-refractivity contribution in [3.8, 4) is 15.5 Å². The van der Waals surface area contributed by atoms with Crippen LogP contribution >= 0.6 is 22.7 Å². The number of ether oxygens (including phenoxy) is 1. The van der Waals surface area contributed by atoms with Gasteiger partial charge in [-0.1, -0.05) is 30.3 Å². The van der Waals surface area contributed by atoms with Crippen LogP contribution in [0, 0.1) is 0 Å². The van der Waals surface area contributed by atoms with Gasteiger partial charge in [0.05, 0.1) is 16.5 Å². The zero-order valence-corrected chi connectivity index (χ0v) is 19.0. The summed E-state index contributed by atoms with van der Waals surface area (Å²) in [6.45, 7) is -0.505. The molecule has 0 unspecified atom stereocenters. The highest BCUT2D eigenvalue weighted by Crippen LogP contribution is 2.41. The Kier molecular flexibility index (Phi) is 6.19. The van der Waals surface area contributed by atoms with E-state index in [0.29, 0.717) is 28.3 Å². The van der Waals surface area contributed by atoms with Crippen molar-refractivity contribution in [2.75, 3.05) is 6.61 Å². The van der Waals surface area contributed by atoms with Gasteiger partial charge in [0, 0.05) is 28.4 Å². The summed E-state index contributed by atoms with van der Waals surface area (Å²) in [5, 5.41) is 55.9. The second kappa shape index (κ2) is 9.11. The number of aromatic nitrogens is 1. The molecule has 33 heavy (non-hydrogen) atoms. The average Bonchev–Trinajstić information content (AvgIpc) is 3.52. The van der Waals surface area contributed by atoms with Gasteiger partial charge < -0.3 is 30.3 Å². The maximum absolute atomic E-state index is 11.0. The van der Waals surface area contributed by atoms with Gasteiger partial charge in [-0.05, 0) is 28.5 Å². The molecule has 1 saturated heterocycles. The van der Waals surface area contributed by atoms with E-state index in [1.807, 2.05) is 29.8 Å². The maximum Gasteiger partial charge on any atom is 0.127 e. The highest BCUT2D eigenvalue weighted by molar-refractivity contribution is 7.21. The van der Waals surface area contributed by atoms with Crippen LogP contribution in [0.1, 0.15) is 22.2 Å². The number of aliphatic hydroxyl groups is 4. The number of hydrogen-bond donors (Lipinski definition) is 5. The first kappa shape index (κ1) is 22.4. The molecule has 172 valence electrons. The van der Waals surface area contributed by atoms with E-state index in [9.17, 15) is 25.5 Å². The number of benzene rings is 2. The van der Waals surface area contributed by atoms with Crippen LogP contribution in [-0.2, 0) is 11.2 Å². The fraction of sp³-hybridized carbons (Fsp3) is 0.292. The predicted octanol–water partition coefficient (Wildman–Crippen LogP) is 2.84. The highest BCUT2D eigenvalue weighted by atomic mass is 32.1. The lowest BCUT2D eigenvalue weighted by Crippen LogP contribution is -2.55. The molecule has 4 aromatic rings. The molecule has 0 aliphatic carbocycles. The molecule has 9 heteroatoms. The summed E-state index contributed by atoms with van der Waals surface area (Å²) in [5.74, 6) is 0.117. The Labute approximate surface area is 197 Å². The minimum Gasteiger partial charge on any atom is -0.507 e. The lowest BCUT2D eigenvalue weighted by molar-refractivity contribution is -0.231. The average molecular weight is 486 g/mol. The van der Waals surface area contributed by atoms with Crippen LogP contribution < -0.4 is 0 Å². The Bertz CT molecular complexity index is 1260. The van der Waals surface area contributed by atoms with Crippen LogP contribution in [0.25, 0.3) is 20.5 Å². The molecule has 0 spiro atoms. The molecular formula is C24H23NO6S2. The fourth-order valence-electron chi connectivity index (χ4n) is 4.26. The van der Waals surface area contributed by atoms with E-state index >= 15 is 0 Å². The van der Waals surface area contributed by atoms with E-state index in [4.69, 9.17) is 4.74 Å². The molecule has 0 bridgehead atoms. The number of fused-ring (bicyclic) bond motifs is 1. The van der Waals surface area contributed by atoms with Gasteiger partial charge in [0.15, 0.2) is 0 Å². The normalized spacial score (nSPS) is 25.5. The molecular weight excluding hydrogens is 462 g/mol. The first-order valence-electron chi connectivity index (χ1n) is 10.5. The molecule has 2 aromatic carbocycles. The van der Waals surface area contributed by atoms with Gasteiger partial charge in [-0.2, -0.15) is 0 Å². The number of rotatable bonds is 5. The molecule has 0 radical (unpaired) electrons. The Morgan fingerprint density at radius 1 is 0.939 bits per heavy atom. The van der Waals surface area contributed by atoms with Crippen molar-refractivity contribution in [1.82, 2.24) is 4.98 Å². The Morgan fingerprint density at radius 3 is 2.45 bits per heavy atom. The summed E-state index contributed by atoms with van der Waals surface area (Å²) in [6, 6.07) is 13.0. The Balaban J connectivity index is 1.56. The molecule has 2 aromatic heterocycles. The first-order valence-corrected chi connectivity index (χ1v) is 12.2. The zero-order valence-electron chi connectivity index (χ0n) is 17.4. The van der Waals surface area contributed by atoms with Gasteiger partial charge in [0.1, 0.15) is 36.3 Å². The molecule has 1 fully saturated rings. The van der Waals surface area contributed by atoms with Crippen molar-refractivity contribution >= 4 is 33.4 Å². The third kappa shape index (κ3) is 4.06. The maximum atomic E-state index is 11.0. The van der Waals surface area contributed by atoms with Crippen molar-refractivity contribution in [3.63, 3.8) is 0 Å². The van der Waals surface area contributed by atoms with Gasteiger partial charge in [-0.3, -0.25) is 0 Å². The minimum atomic E-state index is -1.48. The zero-order chi connectivity index (χ0) is 23.1. The monoisotopic (exact) mass is 485 g/mol. The van der Waals surface area contributed by atoms with Crippen LogP contribution in [0.3, 0.4) is 0 Å². The Morgan fingerprint density at radius 2 is 1.73 bits per heavy atom. The summed E-state index contributed by atoms with van der Waals surface area (Å²) in [6.07, 6.45) is -4.15. The van der Waals surface area contributed by atoms with Crippen LogP contribution in [0.2, 0.25) is 0 Å². The quantitative estimate of drug-likeness (QED) is 0.295. The number of phenols is 1. The number of thiazole rings is 1. The van der Waals surface area contributed by atoms with Crippen molar-refractivity contribution in [1.29, 1.82) is 0 Å². The standard InChI is InChI=1S/C24H23NO6S2/c26-11-16-21(28)22(29)23(30)24(31-16)15-8-12(20(27)14-5-2-1-4-13(14)15)9-19-25-10-18(33-19)17-6-3-7-32-17/h1-8,10,16,21-24,26-30H,9,11H2/t16-,21-,22+,23-,24+/m1/s1. The summed E-state index contributed by atoms with van der Waals surface area (Å²) in [5.41, 5.74) is 1.16. The molecule has 1 aliphatic rings. The number of phenolic OH excluding ortho intramolecular Hbond substituents is 1. The Hall–Kier alpha value is -2.37. The molecule has 5 N–H and O–H groups in total. The van der Waals surface area contributed by atoms with Gasteiger partial charge in [-0.25, -0.2) is 4.98 Å². The number of aromatic hydroxyl groups is 1. The third-order valence-electron chi connectivity index (χ3n) is 5.99. The van der Waals surface area contributed by atoms with E-state index in [-0.39, 0.29) is 5.75 Å². The lowest BCUT2D eigenvalue weighted by Gasteiger charge is -2.40.